The van der Waals surface area contributed by atoms with Crippen LogP contribution in [0, 0.1) is 5.92 Å². The molecule has 0 aliphatic carbocycles. The van der Waals surface area contributed by atoms with E-state index < -0.39 is 0 Å². The number of carbonyl (C=O) groups excluding carboxylic acids is 1. The first-order valence-corrected chi connectivity index (χ1v) is 6.99. The third-order valence-corrected chi connectivity index (χ3v) is 3.14. The van der Waals surface area contributed by atoms with Gasteiger partial charge in [-0.05, 0) is 36.2 Å². The zero-order valence-corrected chi connectivity index (χ0v) is 12.4. The van der Waals surface area contributed by atoms with Gasteiger partial charge in [-0.3, -0.25) is 4.79 Å². The standard InChI is InChI=1S/C17H17ClO2/c1-12(2)10-17(19)15-11-14(8-9-16(15)18)20-13-6-4-3-5-7-13/h3-9,11-12H,10H2,1-2H3. The van der Waals surface area contributed by atoms with Gasteiger partial charge in [0, 0.05) is 12.0 Å². The molecule has 0 unspecified atom stereocenters. The number of rotatable bonds is 5. The van der Waals surface area contributed by atoms with Crippen LogP contribution in [0.15, 0.2) is 48.5 Å². The van der Waals surface area contributed by atoms with Gasteiger partial charge in [-0.15, -0.1) is 0 Å². The van der Waals surface area contributed by atoms with Crippen LogP contribution in [0.2, 0.25) is 5.02 Å². The Morgan fingerprint density at radius 1 is 1.10 bits per heavy atom. The number of para-hydroxylation sites is 1. The fourth-order valence-corrected chi connectivity index (χ4v) is 2.11. The maximum atomic E-state index is 12.1. The second-order valence-electron chi connectivity index (χ2n) is 5.08. The molecule has 0 bridgehead atoms. The molecule has 2 rings (SSSR count). The lowest BCUT2D eigenvalue weighted by molar-refractivity contribution is 0.0967. The number of ether oxygens (including phenoxy) is 1. The molecule has 0 fully saturated rings. The number of Topliss-reactive ketones (excluding diaryl/α,β-unsaturated/α-hetero) is 1. The zero-order chi connectivity index (χ0) is 14.5. The van der Waals surface area contributed by atoms with Crippen LogP contribution in [0.1, 0.15) is 30.6 Å². The van der Waals surface area contributed by atoms with E-state index in [1.54, 1.807) is 18.2 Å². The van der Waals surface area contributed by atoms with Crippen LogP contribution in [0.3, 0.4) is 0 Å². The van der Waals surface area contributed by atoms with Crippen LogP contribution in [0.5, 0.6) is 11.5 Å². The van der Waals surface area contributed by atoms with Gasteiger partial charge in [0.15, 0.2) is 5.78 Å². The summed E-state index contributed by atoms with van der Waals surface area (Å²) in [6.07, 6.45) is 0.481. The fourth-order valence-electron chi connectivity index (χ4n) is 1.89. The summed E-state index contributed by atoms with van der Waals surface area (Å²) >= 11 is 6.10. The van der Waals surface area contributed by atoms with Gasteiger partial charge in [0.05, 0.1) is 5.02 Å². The summed E-state index contributed by atoms with van der Waals surface area (Å²) < 4.78 is 5.72. The molecule has 2 nitrogen and oxygen atoms in total. The minimum absolute atomic E-state index is 0.0449. The van der Waals surface area contributed by atoms with Crippen molar-refractivity contribution < 1.29 is 9.53 Å². The Morgan fingerprint density at radius 3 is 2.45 bits per heavy atom. The molecule has 3 heteroatoms. The lowest BCUT2D eigenvalue weighted by Crippen LogP contribution is -2.04. The van der Waals surface area contributed by atoms with Gasteiger partial charge in [-0.25, -0.2) is 0 Å². The molecule has 0 radical (unpaired) electrons. The van der Waals surface area contributed by atoms with Gasteiger partial charge in [0.2, 0.25) is 0 Å². The summed E-state index contributed by atoms with van der Waals surface area (Å²) in [5.41, 5.74) is 0.522. The average Bonchev–Trinajstić information content (AvgIpc) is 2.41. The Kier molecular flexibility index (Phi) is 4.80. The summed E-state index contributed by atoms with van der Waals surface area (Å²) in [7, 11) is 0. The molecule has 20 heavy (non-hydrogen) atoms. The van der Waals surface area contributed by atoms with E-state index in [9.17, 15) is 4.79 Å². The predicted molar refractivity (Wildman–Crippen MR) is 81.8 cm³/mol. The van der Waals surface area contributed by atoms with Gasteiger partial charge in [0.1, 0.15) is 11.5 Å². The van der Waals surface area contributed by atoms with E-state index in [4.69, 9.17) is 16.3 Å². The molecular weight excluding hydrogens is 272 g/mol. The van der Waals surface area contributed by atoms with Crippen LogP contribution in [-0.4, -0.2) is 5.78 Å². The zero-order valence-electron chi connectivity index (χ0n) is 11.6. The molecule has 0 saturated heterocycles. The van der Waals surface area contributed by atoms with E-state index in [0.717, 1.165) is 5.75 Å². The highest BCUT2D eigenvalue weighted by atomic mass is 35.5. The summed E-state index contributed by atoms with van der Waals surface area (Å²) in [6.45, 7) is 4.02. The Hall–Kier alpha value is -1.80. The lowest BCUT2D eigenvalue weighted by Gasteiger charge is -2.10. The van der Waals surface area contributed by atoms with Crippen molar-refractivity contribution in [2.45, 2.75) is 20.3 Å². The monoisotopic (exact) mass is 288 g/mol. The summed E-state index contributed by atoms with van der Waals surface area (Å²) in [5.74, 6) is 1.70. The fraction of sp³-hybridized carbons (Fsp3) is 0.235. The van der Waals surface area contributed by atoms with Crippen molar-refractivity contribution in [1.29, 1.82) is 0 Å². The largest absolute Gasteiger partial charge is 0.457 e. The molecule has 104 valence electrons. The normalized spacial score (nSPS) is 10.6. The Labute approximate surface area is 124 Å². The molecule has 2 aromatic rings. The van der Waals surface area contributed by atoms with Gasteiger partial charge >= 0.3 is 0 Å². The van der Waals surface area contributed by atoms with Crippen molar-refractivity contribution in [3.8, 4) is 11.5 Å². The van der Waals surface area contributed by atoms with Gasteiger partial charge < -0.3 is 4.74 Å². The van der Waals surface area contributed by atoms with E-state index in [-0.39, 0.29) is 5.78 Å². The van der Waals surface area contributed by atoms with E-state index in [1.165, 1.54) is 0 Å². The van der Waals surface area contributed by atoms with Crippen molar-refractivity contribution >= 4 is 17.4 Å². The summed E-state index contributed by atoms with van der Waals surface area (Å²) in [6, 6.07) is 14.6. The van der Waals surface area contributed by atoms with Crippen LogP contribution >= 0.6 is 11.6 Å². The second-order valence-corrected chi connectivity index (χ2v) is 5.49. The maximum absolute atomic E-state index is 12.1. The molecule has 0 aromatic heterocycles. The maximum Gasteiger partial charge on any atom is 0.164 e. The van der Waals surface area contributed by atoms with Crippen LogP contribution in [0.4, 0.5) is 0 Å². The molecule has 0 aliphatic heterocycles. The smallest absolute Gasteiger partial charge is 0.164 e. The lowest BCUT2D eigenvalue weighted by atomic mass is 10.0. The number of hydrogen-bond donors (Lipinski definition) is 0. The number of ketones is 1. The molecule has 0 atom stereocenters. The quantitative estimate of drug-likeness (QED) is 0.692. The molecule has 0 heterocycles. The van der Waals surface area contributed by atoms with Crippen LogP contribution in [0.25, 0.3) is 0 Å². The Bertz CT molecular complexity index is 591. The SMILES string of the molecule is CC(C)CC(=O)c1cc(Oc2ccccc2)ccc1Cl. The average molecular weight is 289 g/mol. The molecular formula is C17H17ClO2. The minimum atomic E-state index is 0.0449. The van der Waals surface area contributed by atoms with Gasteiger partial charge in [-0.2, -0.15) is 0 Å². The highest BCUT2D eigenvalue weighted by Gasteiger charge is 2.13. The Morgan fingerprint density at radius 2 is 1.80 bits per heavy atom. The first kappa shape index (κ1) is 14.6. The first-order valence-electron chi connectivity index (χ1n) is 6.62. The highest BCUT2D eigenvalue weighted by Crippen LogP contribution is 2.27. The number of hydrogen-bond acceptors (Lipinski definition) is 2. The van der Waals surface area contributed by atoms with Crippen LogP contribution < -0.4 is 4.74 Å². The van der Waals surface area contributed by atoms with E-state index in [2.05, 4.69) is 0 Å². The molecule has 0 aliphatic rings. The molecule has 2 aromatic carbocycles. The number of carbonyl (C=O) groups is 1. The van der Waals surface area contributed by atoms with E-state index in [1.807, 2.05) is 44.2 Å². The minimum Gasteiger partial charge on any atom is -0.457 e. The summed E-state index contributed by atoms with van der Waals surface area (Å²) in [5, 5.41) is 0.469. The van der Waals surface area contributed by atoms with Crippen molar-refractivity contribution in [3.63, 3.8) is 0 Å². The molecule has 0 amide bonds. The topological polar surface area (TPSA) is 26.3 Å². The third-order valence-electron chi connectivity index (χ3n) is 2.81. The molecule has 0 N–H and O–H groups in total. The Balaban J connectivity index is 2.22. The predicted octanol–water partition coefficient (Wildman–Crippen LogP) is 5.36. The first-order chi connectivity index (χ1) is 9.56. The van der Waals surface area contributed by atoms with Gasteiger partial charge in [-0.1, -0.05) is 43.6 Å². The number of benzene rings is 2. The third kappa shape index (κ3) is 3.84. The van der Waals surface area contributed by atoms with Crippen molar-refractivity contribution in [2.75, 3.05) is 0 Å². The summed E-state index contributed by atoms with van der Waals surface area (Å²) in [4.78, 5) is 12.1. The van der Waals surface area contributed by atoms with Gasteiger partial charge in [0.25, 0.3) is 0 Å². The molecule has 0 spiro atoms. The van der Waals surface area contributed by atoms with E-state index >= 15 is 0 Å². The highest BCUT2D eigenvalue weighted by molar-refractivity contribution is 6.34. The second kappa shape index (κ2) is 6.58. The van der Waals surface area contributed by atoms with Crippen molar-refractivity contribution in [3.05, 3.63) is 59.1 Å². The van der Waals surface area contributed by atoms with Crippen molar-refractivity contribution in [2.24, 2.45) is 5.92 Å². The van der Waals surface area contributed by atoms with Crippen LogP contribution in [-0.2, 0) is 0 Å². The van der Waals surface area contributed by atoms with Crippen molar-refractivity contribution in [1.82, 2.24) is 0 Å². The molecule has 0 saturated carbocycles. The van der Waals surface area contributed by atoms with E-state index in [0.29, 0.717) is 28.7 Å². The number of halogens is 1.